The highest BCUT2D eigenvalue weighted by atomic mass is 32.1. The minimum atomic E-state index is -0.572. The van der Waals surface area contributed by atoms with Gasteiger partial charge in [0.25, 0.3) is 0 Å². The molecule has 0 fully saturated rings. The highest BCUT2D eigenvalue weighted by Gasteiger charge is 2.17. The number of aromatic nitrogens is 1. The Morgan fingerprint density at radius 3 is 2.83 bits per heavy atom. The van der Waals surface area contributed by atoms with E-state index in [1.165, 1.54) is 11.3 Å². The number of anilines is 1. The Bertz CT molecular complexity index is 451. The molecule has 0 radical (unpaired) electrons. The van der Waals surface area contributed by atoms with Crippen molar-refractivity contribution >= 4 is 40.9 Å². The van der Waals surface area contributed by atoms with E-state index in [9.17, 15) is 4.79 Å². The smallest absolute Gasteiger partial charge is 0.413 e. The summed E-state index contributed by atoms with van der Waals surface area (Å²) in [5, 5.41) is 16.3. The predicted molar refractivity (Wildman–Crippen MR) is 74.1 cm³/mol. The average molecular weight is 289 g/mol. The molecule has 0 aliphatic rings. The molecule has 0 aliphatic carbocycles. The van der Waals surface area contributed by atoms with Gasteiger partial charge in [0.05, 0.1) is 0 Å². The van der Waals surface area contributed by atoms with Crippen molar-refractivity contribution in [3.8, 4) is 0 Å². The first-order valence-corrected chi connectivity index (χ1v) is 6.64. The van der Waals surface area contributed by atoms with Gasteiger partial charge in [-0.05, 0) is 20.8 Å². The summed E-state index contributed by atoms with van der Waals surface area (Å²) in [6.45, 7) is 5.33. The molecule has 1 aromatic rings. The molecule has 0 spiro atoms. The van der Waals surface area contributed by atoms with E-state index in [-0.39, 0.29) is 5.75 Å². The molecular formula is C10H15N3O3S2. The third-order valence-electron chi connectivity index (χ3n) is 1.68. The average Bonchev–Trinajstić information content (AvgIpc) is 2.65. The van der Waals surface area contributed by atoms with Crippen LogP contribution in [-0.2, 0) is 4.74 Å². The summed E-state index contributed by atoms with van der Waals surface area (Å²) in [4.78, 5) is 15.6. The molecule has 6 nitrogen and oxygen atoms in total. The van der Waals surface area contributed by atoms with E-state index in [0.717, 1.165) is 0 Å². The van der Waals surface area contributed by atoms with Crippen LogP contribution in [0.4, 0.5) is 9.93 Å². The van der Waals surface area contributed by atoms with Gasteiger partial charge in [-0.15, -0.1) is 11.3 Å². The number of hydrogen-bond acceptors (Lipinski definition) is 7. The molecule has 2 N–H and O–H groups in total. The van der Waals surface area contributed by atoms with E-state index < -0.39 is 11.7 Å². The molecule has 0 unspecified atom stereocenters. The number of oxime groups is 1. The quantitative estimate of drug-likeness (QED) is 0.346. The maximum absolute atomic E-state index is 11.5. The third kappa shape index (κ3) is 4.53. The van der Waals surface area contributed by atoms with Crippen LogP contribution in [0, 0.1) is 0 Å². The Labute approximate surface area is 114 Å². The normalized spacial score (nSPS) is 12.3. The Balaban J connectivity index is 2.67. The first-order valence-electron chi connectivity index (χ1n) is 5.13. The number of amides is 1. The van der Waals surface area contributed by atoms with Gasteiger partial charge in [0, 0.05) is 11.1 Å². The van der Waals surface area contributed by atoms with Crippen LogP contribution in [0.25, 0.3) is 0 Å². The lowest BCUT2D eigenvalue weighted by molar-refractivity contribution is 0.0636. The number of carbonyl (C=O) groups is 1. The molecule has 0 saturated heterocycles. The molecule has 8 heteroatoms. The predicted octanol–water partition coefficient (Wildman–Crippen LogP) is 2.60. The molecule has 1 heterocycles. The van der Waals surface area contributed by atoms with Crippen molar-refractivity contribution in [2.75, 3.05) is 11.1 Å². The first-order chi connectivity index (χ1) is 8.35. The van der Waals surface area contributed by atoms with Gasteiger partial charge < -0.3 is 9.94 Å². The van der Waals surface area contributed by atoms with Gasteiger partial charge in [-0.3, -0.25) is 5.32 Å². The van der Waals surface area contributed by atoms with Gasteiger partial charge >= 0.3 is 6.09 Å². The third-order valence-corrected chi connectivity index (χ3v) is 2.74. The summed E-state index contributed by atoms with van der Waals surface area (Å²) in [6, 6.07) is 0. The minimum absolute atomic E-state index is 0.256. The number of carbonyl (C=O) groups excluding carboxylic acids is 1. The lowest BCUT2D eigenvalue weighted by Gasteiger charge is -2.18. The molecule has 0 aromatic carbocycles. The summed E-state index contributed by atoms with van der Waals surface area (Å²) in [5.74, 6) is 0.256. The van der Waals surface area contributed by atoms with Gasteiger partial charge in [0.2, 0.25) is 0 Å². The van der Waals surface area contributed by atoms with Crippen molar-refractivity contribution in [3.05, 3.63) is 11.1 Å². The van der Waals surface area contributed by atoms with Crippen LogP contribution in [0.2, 0.25) is 0 Å². The lowest BCUT2D eigenvalue weighted by Crippen LogP contribution is -2.27. The van der Waals surface area contributed by atoms with Crippen LogP contribution < -0.4 is 5.32 Å². The Morgan fingerprint density at radius 2 is 2.33 bits per heavy atom. The largest absolute Gasteiger partial charge is 0.444 e. The summed E-state index contributed by atoms with van der Waals surface area (Å²) in [6.07, 6.45) is -0.572. The van der Waals surface area contributed by atoms with Gasteiger partial charge in [0.15, 0.2) is 5.13 Å². The van der Waals surface area contributed by atoms with Crippen molar-refractivity contribution in [1.29, 1.82) is 0 Å². The van der Waals surface area contributed by atoms with E-state index in [4.69, 9.17) is 9.94 Å². The summed E-state index contributed by atoms with van der Waals surface area (Å²) < 4.78 is 5.09. The number of nitrogens with one attached hydrogen (secondary N) is 1. The molecule has 1 amide bonds. The van der Waals surface area contributed by atoms with Crippen LogP contribution in [0.3, 0.4) is 0 Å². The molecule has 1 aromatic heterocycles. The van der Waals surface area contributed by atoms with Crippen molar-refractivity contribution in [2.45, 2.75) is 26.4 Å². The van der Waals surface area contributed by atoms with Crippen molar-refractivity contribution in [1.82, 2.24) is 4.98 Å². The summed E-state index contributed by atoms with van der Waals surface area (Å²) >= 11 is 5.22. The number of thiazole rings is 1. The van der Waals surface area contributed by atoms with Gasteiger partial charge in [-0.25, -0.2) is 9.78 Å². The minimum Gasteiger partial charge on any atom is -0.444 e. The Morgan fingerprint density at radius 1 is 1.67 bits per heavy atom. The van der Waals surface area contributed by atoms with Gasteiger partial charge in [-0.1, -0.05) is 5.16 Å². The Hall–Kier alpha value is -1.28. The maximum atomic E-state index is 11.5. The zero-order chi connectivity index (χ0) is 13.8. The standard InChI is InChI=1S/C10H15N3O3S2/c1-10(2,3)16-9(14)12-8-11-7(5-18-8)6(4-17)13-15/h5,15,17H,4H2,1-3H3,(H,11,12,14)/b13-6+. The molecule has 18 heavy (non-hydrogen) atoms. The summed E-state index contributed by atoms with van der Waals surface area (Å²) in [5.41, 5.74) is 0.253. The second-order valence-electron chi connectivity index (χ2n) is 4.37. The van der Waals surface area contributed by atoms with E-state index in [1.54, 1.807) is 26.2 Å². The van der Waals surface area contributed by atoms with E-state index in [1.807, 2.05) is 0 Å². The number of rotatable bonds is 3. The fraction of sp³-hybridized carbons (Fsp3) is 0.500. The van der Waals surface area contributed by atoms with Crippen LogP contribution in [0.1, 0.15) is 26.5 Å². The van der Waals surface area contributed by atoms with Crippen molar-refractivity contribution < 1.29 is 14.7 Å². The van der Waals surface area contributed by atoms with Crippen molar-refractivity contribution in [3.63, 3.8) is 0 Å². The fourth-order valence-corrected chi connectivity index (χ4v) is 1.95. The zero-order valence-electron chi connectivity index (χ0n) is 10.3. The number of hydrogen-bond donors (Lipinski definition) is 3. The van der Waals surface area contributed by atoms with E-state index in [0.29, 0.717) is 16.5 Å². The van der Waals surface area contributed by atoms with Gasteiger partial charge in [0.1, 0.15) is 17.0 Å². The molecule has 0 atom stereocenters. The second kappa shape index (κ2) is 6.05. The molecule has 0 saturated carbocycles. The van der Waals surface area contributed by atoms with Crippen LogP contribution in [0.5, 0.6) is 0 Å². The number of ether oxygens (including phenoxy) is 1. The molecule has 0 bridgehead atoms. The fourth-order valence-electron chi connectivity index (χ4n) is 1.02. The van der Waals surface area contributed by atoms with Crippen molar-refractivity contribution in [2.24, 2.45) is 5.16 Å². The van der Waals surface area contributed by atoms with Crippen LogP contribution in [-0.4, -0.2) is 33.4 Å². The summed E-state index contributed by atoms with van der Waals surface area (Å²) in [7, 11) is 0. The van der Waals surface area contributed by atoms with Crippen LogP contribution >= 0.6 is 24.0 Å². The molecule has 1 rings (SSSR count). The highest BCUT2D eigenvalue weighted by molar-refractivity contribution is 7.81. The van der Waals surface area contributed by atoms with E-state index in [2.05, 4.69) is 28.1 Å². The highest BCUT2D eigenvalue weighted by Crippen LogP contribution is 2.18. The van der Waals surface area contributed by atoms with Crippen LogP contribution in [0.15, 0.2) is 10.5 Å². The topological polar surface area (TPSA) is 83.8 Å². The zero-order valence-corrected chi connectivity index (χ0v) is 12.0. The number of nitrogens with zero attached hydrogens (tertiary/aromatic N) is 2. The Kier molecular flexibility index (Phi) is 4.97. The first kappa shape index (κ1) is 14.8. The monoisotopic (exact) mass is 289 g/mol. The lowest BCUT2D eigenvalue weighted by atomic mass is 10.2. The molecule has 100 valence electrons. The molecular weight excluding hydrogens is 274 g/mol. The second-order valence-corrected chi connectivity index (χ2v) is 5.54. The number of thiol groups is 1. The van der Waals surface area contributed by atoms with E-state index >= 15 is 0 Å². The maximum Gasteiger partial charge on any atom is 0.413 e. The SMILES string of the molecule is CC(C)(C)OC(=O)Nc1nc(/C(CS)=N/O)cs1. The van der Waals surface area contributed by atoms with Gasteiger partial charge in [-0.2, -0.15) is 12.6 Å². The molecule has 0 aliphatic heterocycles.